The van der Waals surface area contributed by atoms with Crippen molar-refractivity contribution in [1.29, 1.82) is 0 Å². The lowest BCUT2D eigenvalue weighted by Gasteiger charge is -2.32. The van der Waals surface area contributed by atoms with Gasteiger partial charge in [0.25, 0.3) is 0 Å². The first kappa shape index (κ1) is 23.2. The van der Waals surface area contributed by atoms with E-state index in [2.05, 4.69) is 15.0 Å². The van der Waals surface area contributed by atoms with Gasteiger partial charge in [-0.25, -0.2) is 12.7 Å². The average molecular weight is 502 g/mol. The van der Waals surface area contributed by atoms with Crippen molar-refractivity contribution in [1.82, 2.24) is 19.3 Å². The molecule has 0 bridgehead atoms. The van der Waals surface area contributed by atoms with Gasteiger partial charge < -0.3 is 9.42 Å². The first-order valence-electron chi connectivity index (χ1n) is 11.3. The van der Waals surface area contributed by atoms with Crippen LogP contribution in [-0.4, -0.2) is 67.4 Å². The van der Waals surface area contributed by atoms with E-state index in [9.17, 15) is 13.2 Å². The minimum Gasteiger partial charge on any atom is -0.338 e. The molecule has 0 saturated carbocycles. The summed E-state index contributed by atoms with van der Waals surface area (Å²) in [7, 11) is -0.453. The molecule has 0 atom stereocenters. The fourth-order valence-corrected chi connectivity index (χ4v) is 6.16. The molecule has 1 amide bonds. The van der Waals surface area contributed by atoms with Gasteiger partial charge in [-0.05, 0) is 67.6 Å². The number of benzene rings is 1. The molecule has 5 rings (SSSR count). The molecular weight excluding hydrogens is 474 g/mol. The minimum absolute atomic E-state index is 0.0447. The van der Waals surface area contributed by atoms with Crippen LogP contribution in [0, 0.1) is 5.92 Å². The highest BCUT2D eigenvalue weighted by Crippen LogP contribution is 2.33. The van der Waals surface area contributed by atoms with E-state index < -0.39 is 10.0 Å². The fourth-order valence-electron chi connectivity index (χ4n) is 4.55. The zero-order valence-electron chi connectivity index (χ0n) is 19.2. The highest BCUT2D eigenvalue weighted by Gasteiger charge is 2.33. The maximum Gasteiger partial charge on any atom is 0.242 e. The summed E-state index contributed by atoms with van der Waals surface area (Å²) in [6.45, 7) is 2.74. The number of sulfonamides is 1. The number of thiophene rings is 1. The predicted molar refractivity (Wildman–Crippen MR) is 129 cm³/mol. The summed E-state index contributed by atoms with van der Waals surface area (Å²) in [4.78, 5) is 23.1. The maximum atomic E-state index is 13.3. The van der Waals surface area contributed by atoms with Gasteiger partial charge in [-0.3, -0.25) is 9.69 Å². The lowest BCUT2D eigenvalue weighted by atomic mass is 9.95. The molecule has 1 saturated heterocycles. The minimum atomic E-state index is -3.49. The quantitative estimate of drug-likeness (QED) is 0.512. The first-order chi connectivity index (χ1) is 16.3. The summed E-state index contributed by atoms with van der Waals surface area (Å²) in [6.07, 6.45) is 2.20. The lowest BCUT2D eigenvalue weighted by molar-refractivity contribution is -0.123. The van der Waals surface area contributed by atoms with Crippen molar-refractivity contribution in [3.63, 3.8) is 0 Å². The molecule has 0 N–H and O–H groups in total. The van der Waals surface area contributed by atoms with Crippen molar-refractivity contribution in [3.8, 4) is 10.7 Å². The Morgan fingerprint density at radius 3 is 2.71 bits per heavy atom. The summed E-state index contributed by atoms with van der Waals surface area (Å²) in [6, 6.07) is 9.00. The van der Waals surface area contributed by atoms with E-state index in [1.807, 2.05) is 22.4 Å². The number of nitrogens with zero attached hydrogens (tertiary/aromatic N) is 5. The highest BCUT2D eigenvalue weighted by atomic mass is 32.2. The van der Waals surface area contributed by atoms with Crippen LogP contribution in [0.2, 0.25) is 0 Å². The standard InChI is InChI=1S/C23H27N5O4S2/c1-26(2)34(30,31)18-5-6-19-17(14-18)9-12-28(19)23(29)16-7-10-27(11-8-16)15-21-24-22(25-32-21)20-4-3-13-33-20/h3-6,13-14,16H,7-12,15H2,1-2H3. The summed E-state index contributed by atoms with van der Waals surface area (Å²) >= 11 is 1.58. The van der Waals surface area contributed by atoms with Gasteiger partial charge in [0.15, 0.2) is 0 Å². The Balaban J connectivity index is 1.19. The van der Waals surface area contributed by atoms with E-state index in [4.69, 9.17) is 4.52 Å². The van der Waals surface area contributed by atoms with E-state index in [0.29, 0.717) is 31.2 Å². The summed E-state index contributed by atoms with van der Waals surface area (Å²) in [5.74, 6) is 1.28. The second-order valence-corrected chi connectivity index (χ2v) is 12.0. The number of hydrogen-bond donors (Lipinski definition) is 0. The van der Waals surface area contributed by atoms with Crippen LogP contribution in [0.25, 0.3) is 10.7 Å². The maximum absolute atomic E-state index is 13.3. The monoisotopic (exact) mass is 501 g/mol. The Morgan fingerprint density at radius 2 is 2.00 bits per heavy atom. The number of likely N-dealkylation sites (tertiary alicyclic amines) is 1. The molecule has 0 radical (unpaired) electrons. The molecule has 0 unspecified atom stereocenters. The number of rotatable bonds is 6. The molecule has 2 aliphatic heterocycles. The van der Waals surface area contributed by atoms with Crippen LogP contribution < -0.4 is 4.90 Å². The smallest absolute Gasteiger partial charge is 0.242 e. The fraction of sp³-hybridized carbons (Fsp3) is 0.435. The zero-order chi connectivity index (χ0) is 23.9. The van der Waals surface area contributed by atoms with Gasteiger partial charge in [-0.15, -0.1) is 11.3 Å². The van der Waals surface area contributed by atoms with Crippen LogP contribution in [0.15, 0.2) is 45.1 Å². The molecule has 34 heavy (non-hydrogen) atoms. The van der Waals surface area contributed by atoms with Crippen molar-refractivity contribution in [3.05, 3.63) is 47.2 Å². The van der Waals surface area contributed by atoms with E-state index in [1.54, 1.807) is 29.5 Å². The number of fused-ring (bicyclic) bond motifs is 1. The Hall–Kier alpha value is -2.60. The molecule has 180 valence electrons. The van der Waals surface area contributed by atoms with Crippen LogP contribution >= 0.6 is 11.3 Å². The largest absolute Gasteiger partial charge is 0.338 e. The van der Waals surface area contributed by atoms with Crippen molar-refractivity contribution >= 4 is 33.0 Å². The molecular formula is C23H27N5O4S2. The zero-order valence-corrected chi connectivity index (χ0v) is 20.8. The molecule has 11 heteroatoms. The Kier molecular flexibility index (Phi) is 6.28. The van der Waals surface area contributed by atoms with Gasteiger partial charge in [0.05, 0.1) is 16.3 Å². The topological polar surface area (TPSA) is 99.9 Å². The molecule has 2 aromatic heterocycles. The number of piperidine rings is 1. The highest BCUT2D eigenvalue weighted by molar-refractivity contribution is 7.89. The molecule has 9 nitrogen and oxygen atoms in total. The van der Waals surface area contributed by atoms with E-state index in [-0.39, 0.29) is 16.7 Å². The summed E-state index contributed by atoms with van der Waals surface area (Å²) in [5.41, 5.74) is 1.74. The Morgan fingerprint density at radius 1 is 1.21 bits per heavy atom. The van der Waals surface area contributed by atoms with Crippen molar-refractivity contribution in [2.75, 3.05) is 38.6 Å². The Bertz CT molecular complexity index is 1280. The average Bonchev–Trinajstić information content (AvgIpc) is 3.59. The molecule has 0 spiro atoms. The van der Waals surface area contributed by atoms with Crippen LogP contribution in [0.3, 0.4) is 0 Å². The van der Waals surface area contributed by atoms with Gasteiger partial charge in [0.1, 0.15) is 0 Å². The number of carbonyl (C=O) groups is 1. The molecule has 0 aliphatic carbocycles. The van der Waals surface area contributed by atoms with E-state index in [1.165, 1.54) is 18.4 Å². The number of hydrogen-bond acceptors (Lipinski definition) is 8. The van der Waals surface area contributed by atoms with E-state index in [0.717, 1.165) is 42.1 Å². The molecule has 4 heterocycles. The van der Waals surface area contributed by atoms with E-state index >= 15 is 0 Å². The Labute approximate surface area is 203 Å². The van der Waals surface area contributed by atoms with Crippen molar-refractivity contribution < 1.29 is 17.7 Å². The predicted octanol–water partition coefficient (Wildman–Crippen LogP) is 2.85. The summed E-state index contributed by atoms with van der Waals surface area (Å²) in [5, 5.41) is 6.05. The summed E-state index contributed by atoms with van der Waals surface area (Å²) < 4.78 is 31.5. The number of amides is 1. The van der Waals surface area contributed by atoms with Gasteiger partial charge in [0.2, 0.25) is 27.6 Å². The molecule has 2 aliphatic rings. The first-order valence-corrected chi connectivity index (χ1v) is 13.6. The number of anilines is 1. The SMILES string of the molecule is CN(C)S(=O)(=O)c1ccc2c(c1)CCN2C(=O)C1CCN(Cc2nc(-c3cccs3)no2)CC1. The molecule has 3 aromatic rings. The van der Waals surface area contributed by atoms with Gasteiger partial charge >= 0.3 is 0 Å². The molecule has 1 aromatic carbocycles. The third-order valence-electron chi connectivity index (χ3n) is 6.50. The lowest BCUT2D eigenvalue weighted by Crippen LogP contribution is -2.42. The molecule has 1 fully saturated rings. The van der Waals surface area contributed by atoms with Crippen LogP contribution in [0.4, 0.5) is 5.69 Å². The van der Waals surface area contributed by atoms with Gasteiger partial charge in [-0.2, -0.15) is 4.98 Å². The van der Waals surface area contributed by atoms with Crippen LogP contribution in [-0.2, 0) is 27.8 Å². The normalized spacial score (nSPS) is 17.4. The number of carbonyl (C=O) groups excluding carboxylic acids is 1. The third-order valence-corrected chi connectivity index (χ3v) is 9.17. The second kappa shape index (κ2) is 9.21. The van der Waals surface area contributed by atoms with Crippen molar-refractivity contribution in [2.24, 2.45) is 5.92 Å². The number of aromatic nitrogens is 2. The van der Waals surface area contributed by atoms with Crippen molar-refractivity contribution in [2.45, 2.75) is 30.7 Å². The van der Waals surface area contributed by atoms with Crippen LogP contribution in [0.1, 0.15) is 24.3 Å². The van der Waals surface area contributed by atoms with Gasteiger partial charge in [0, 0.05) is 32.2 Å². The van der Waals surface area contributed by atoms with Crippen LogP contribution in [0.5, 0.6) is 0 Å². The third kappa shape index (κ3) is 4.40. The van der Waals surface area contributed by atoms with Gasteiger partial charge in [-0.1, -0.05) is 11.2 Å². The second-order valence-electron chi connectivity index (χ2n) is 8.86.